The van der Waals surface area contributed by atoms with Crippen molar-refractivity contribution < 1.29 is 31.9 Å². The van der Waals surface area contributed by atoms with Crippen LogP contribution in [-0.4, -0.2) is 23.5 Å². The molecule has 42 heavy (non-hydrogen) atoms. The van der Waals surface area contributed by atoms with Crippen molar-refractivity contribution in [2.75, 3.05) is 16.4 Å². The van der Waals surface area contributed by atoms with Crippen molar-refractivity contribution in [2.45, 2.75) is 4.90 Å². The minimum Gasteiger partial charge on any atom is -0.321 e. The maximum absolute atomic E-state index is 13.9. The molecule has 0 atom stereocenters. The van der Waals surface area contributed by atoms with E-state index < -0.39 is 46.7 Å². The molecule has 0 unspecified atom stereocenters. The highest BCUT2D eigenvalue weighted by Crippen LogP contribution is 2.26. The van der Waals surface area contributed by atoms with Crippen LogP contribution >= 0.6 is 27.7 Å². The number of hydrogen-bond acceptors (Lipinski definition) is 4. The van der Waals surface area contributed by atoms with Crippen LogP contribution in [0.5, 0.6) is 0 Å². The molecule has 0 bridgehead atoms. The van der Waals surface area contributed by atoms with Crippen LogP contribution in [0.25, 0.3) is 6.08 Å². The lowest BCUT2D eigenvalue weighted by Gasteiger charge is -2.12. The van der Waals surface area contributed by atoms with Crippen LogP contribution in [0.1, 0.15) is 15.9 Å². The van der Waals surface area contributed by atoms with E-state index in [1.54, 1.807) is 72.8 Å². The Labute approximate surface area is 250 Å². The van der Waals surface area contributed by atoms with Gasteiger partial charge in [-0.1, -0.05) is 52.3 Å². The number of anilines is 2. The van der Waals surface area contributed by atoms with Crippen molar-refractivity contribution >= 4 is 62.9 Å². The molecule has 0 radical (unpaired) electrons. The summed E-state index contributed by atoms with van der Waals surface area (Å²) in [5.74, 6) is -9.12. The molecular weight excluding hydrogens is 638 g/mol. The molecule has 0 heterocycles. The third-order valence-electron chi connectivity index (χ3n) is 5.55. The van der Waals surface area contributed by atoms with Crippen LogP contribution in [0.15, 0.2) is 100.0 Å². The lowest BCUT2D eigenvalue weighted by atomic mass is 10.1. The Morgan fingerprint density at radius 1 is 0.786 bits per heavy atom. The van der Waals surface area contributed by atoms with Crippen LogP contribution < -0.4 is 16.0 Å². The predicted octanol–water partition coefficient (Wildman–Crippen LogP) is 7.15. The third kappa shape index (κ3) is 8.08. The second-order valence-electron chi connectivity index (χ2n) is 8.59. The van der Waals surface area contributed by atoms with Gasteiger partial charge in [0.2, 0.25) is 5.91 Å². The van der Waals surface area contributed by atoms with Crippen molar-refractivity contribution in [2.24, 2.45) is 0 Å². The van der Waals surface area contributed by atoms with Crippen molar-refractivity contribution in [1.82, 2.24) is 5.32 Å². The number of rotatable bonds is 9. The van der Waals surface area contributed by atoms with Gasteiger partial charge in [0, 0.05) is 26.7 Å². The summed E-state index contributed by atoms with van der Waals surface area (Å²) >= 11 is 4.30. The standard InChI is InChI=1S/C30H20BrF4N3O3S/c31-19-11-9-17(10-12-19)13-24(37-29(40)18-5-2-1-3-6-18)30(41)36-20-7-4-8-21(14-20)42-16-25(39)38-28-26(34)22(32)15-23(33)27(28)35/h1-15H,16H2,(H,36,41)(H,37,40)(H,38,39)/b24-13+. The molecule has 0 saturated heterocycles. The number of hydrogen-bond donors (Lipinski definition) is 3. The molecule has 4 aromatic carbocycles. The normalized spacial score (nSPS) is 11.1. The fourth-order valence-electron chi connectivity index (χ4n) is 3.54. The zero-order valence-corrected chi connectivity index (χ0v) is 23.8. The van der Waals surface area contributed by atoms with Gasteiger partial charge in [-0.05, 0) is 54.1 Å². The number of nitrogens with one attached hydrogen (secondary N) is 3. The van der Waals surface area contributed by atoms with Gasteiger partial charge < -0.3 is 16.0 Å². The van der Waals surface area contributed by atoms with E-state index in [-0.39, 0.29) is 17.5 Å². The monoisotopic (exact) mass is 657 g/mol. The summed E-state index contributed by atoms with van der Waals surface area (Å²) in [7, 11) is 0. The molecule has 0 aliphatic rings. The van der Waals surface area contributed by atoms with E-state index in [0.29, 0.717) is 21.7 Å². The molecule has 0 spiro atoms. The van der Waals surface area contributed by atoms with E-state index in [4.69, 9.17) is 0 Å². The summed E-state index contributed by atoms with van der Waals surface area (Å²) in [5, 5.41) is 7.18. The number of thioether (sulfide) groups is 1. The van der Waals surface area contributed by atoms with Gasteiger partial charge in [-0.3, -0.25) is 14.4 Å². The molecular formula is C30H20BrF4N3O3S. The van der Waals surface area contributed by atoms with Gasteiger partial charge in [-0.25, -0.2) is 17.6 Å². The lowest BCUT2D eigenvalue weighted by Crippen LogP contribution is -2.30. The molecule has 4 aromatic rings. The van der Waals surface area contributed by atoms with Crippen LogP contribution in [0.4, 0.5) is 28.9 Å². The summed E-state index contributed by atoms with van der Waals surface area (Å²) < 4.78 is 55.4. The maximum Gasteiger partial charge on any atom is 0.272 e. The molecule has 3 N–H and O–H groups in total. The second kappa shape index (κ2) is 14.0. The number of carbonyl (C=O) groups excluding carboxylic acids is 3. The summed E-state index contributed by atoms with van der Waals surface area (Å²) in [6.45, 7) is 0. The molecule has 0 saturated carbocycles. The lowest BCUT2D eigenvalue weighted by molar-refractivity contribution is -0.114. The highest BCUT2D eigenvalue weighted by molar-refractivity contribution is 9.10. The van der Waals surface area contributed by atoms with Crippen molar-refractivity contribution in [3.8, 4) is 0 Å². The largest absolute Gasteiger partial charge is 0.321 e. The molecule has 6 nitrogen and oxygen atoms in total. The topological polar surface area (TPSA) is 87.3 Å². The second-order valence-corrected chi connectivity index (χ2v) is 10.6. The summed E-state index contributed by atoms with van der Waals surface area (Å²) in [5.41, 5.74) is 0.0737. The highest BCUT2D eigenvalue weighted by Gasteiger charge is 2.21. The van der Waals surface area contributed by atoms with E-state index in [1.807, 2.05) is 5.32 Å². The van der Waals surface area contributed by atoms with E-state index in [0.717, 1.165) is 16.2 Å². The van der Waals surface area contributed by atoms with Gasteiger partial charge in [-0.15, -0.1) is 11.8 Å². The molecule has 0 aliphatic carbocycles. The molecule has 12 heteroatoms. The first-order valence-electron chi connectivity index (χ1n) is 12.1. The first-order valence-corrected chi connectivity index (χ1v) is 13.9. The molecule has 4 rings (SSSR count). The maximum atomic E-state index is 13.9. The SMILES string of the molecule is O=C(CSc1cccc(NC(=O)/C(=C\c2ccc(Br)cc2)NC(=O)c2ccccc2)c1)Nc1c(F)c(F)cc(F)c1F. The number of carbonyl (C=O) groups is 3. The van der Waals surface area contributed by atoms with E-state index in [2.05, 4.69) is 26.6 Å². The quantitative estimate of drug-likeness (QED) is 0.0773. The third-order valence-corrected chi connectivity index (χ3v) is 7.07. The Morgan fingerprint density at radius 3 is 2.12 bits per heavy atom. The summed E-state index contributed by atoms with van der Waals surface area (Å²) in [4.78, 5) is 38.8. The average molecular weight is 658 g/mol. The van der Waals surface area contributed by atoms with Crippen molar-refractivity contribution in [1.29, 1.82) is 0 Å². The van der Waals surface area contributed by atoms with Gasteiger partial charge in [0.1, 0.15) is 11.4 Å². The Hall–Kier alpha value is -4.42. The Bertz CT molecular complexity index is 1640. The molecule has 0 aromatic heterocycles. The van der Waals surface area contributed by atoms with E-state index in [9.17, 15) is 31.9 Å². The minimum atomic E-state index is -1.72. The van der Waals surface area contributed by atoms with Gasteiger partial charge in [-0.2, -0.15) is 0 Å². The Balaban J connectivity index is 1.46. The summed E-state index contributed by atoms with van der Waals surface area (Å²) in [6.07, 6.45) is 1.51. The van der Waals surface area contributed by atoms with Gasteiger partial charge in [0.25, 0.3) is 11.8 Å². The summed E-state index contributed by atoms with van der Waals surface area (Å²) in [6, 6.07) is 21.8. The fraction of sp³-hybridized carbons (Fsp3) is 0.0333. The van der Waals surface area contributed by atoms with Gasteiger partial charge >= 0.3 is 0 Å². The number of amides is 3. The van der Waals surface area contributed by atoms with Gasteiger partial charge in [0.15, 0.2) is 23.3 Å². The van der Waals surface area contributed by atoms with E-state index in [1.165, 1.54) is 12.1 Å². The molecule has 0 fully saturated rings. The van der Waals surface area contributed by atoms with Crippen molar-refractivity contribution in [3.63, 3.8) is 0 Å². The average Bonchev–Trinajstić information content (AvgIpc) is 2.98. The van der Waals surface area contributed by atoms with E-state index >= 15 is 0 Å². The number of halogens is 5. The first kappa shape index (κ1) is 30.5. The zero-order chi connectivity index (χ0) is 30.2. The number of benzene rings is 4. The van der Waals surface area contributed by atoms with Crippen LogP contribution in [0, 0.1) is 23.3 Å². The highest BCUT2D eigenvalue weighted by atomic mass is 79.9. The Kier molecular flexibility index (Phi) is 10.2. The molecule has 214 valence electrons. The van der Waals surface area contributed by atoms with Crippen LogP contribution in [-0.2, 0) is 9.59 Å². The van der Waals surface area contributed by atoms with Gasteiger partial charge in [0.05, 0.1) is 5.75 Å². The molecule has 0 aliphatic heterocycles. The minimum absolute atomic E-state index is 0.0324. The Morgan fingerprint density at radius 2 is 1.45 bits per heavy atom. The fourth-order valence-corrected chi connectivity index (χ4v) is 4.56. The van der Waals surface area contributed by atoms with Crippen molar-refractivity contribution in [3.05, 3.63) is 129 Å². The first-order chi connectivity index (χ1) is 20.1. The van der Waals surface area contributed by atoms with Crippen LogP contribution in [0.2, 0.25) is 0 Å². The molecule has 3 amide bonds. The van der Waals surface area contributed by atoms with Crippen LogP contribution in [0.3, 0.4) is 0 Å². The smallest absolute Gasteiger partial charge is 0.272 e. The zero-order valence-electron chi connectivity index (χ0n) is 21.4. The predicted molar refractivity (Wildman–Crippen MR) is 157 cm³/mol.